The summed E-state index contributed by atoms with van der Waals surface area (Å²) in [6.45, 7) is 2.51. The van der Waals surface area contributed by atoms with Gasteiger partial charge in [-0.3, -0.25) is 10.5 Å². The number of hydrogen-bond acceptors (Lipinski definition) is 4. The van der Waals surface area contributed by atoms with Crippen molar-refractivity contribution in [2.24, 2.45) is 0 Å². The molecule has 0 spiro atoms. The highest BCUT2D eigenvalue weighted by Crippen LogP contribution is 1.83. The van der Waals surface area contributed by atoms with Crippen LogP contribution in [0.15, 0.2) is 0 Å². The van der Waals surface area contributed by atoms with Crippen LogP contribution in [0, 0.1) is 0 Å². The molecule has 4 heteroatoms. The van der Waals surface area contributed by atoms with Crippen LogP contribution < -0.4 is 0 Å². The molecule has 0 saturated heterocycles. The monoisotopic (exact) mass is 138 g/mol. The fourth-order valence-electron chi connectivity index (χ4n) is 0.209. The zero-order valence-electron chi connectivity index (χ0n) is 5.83. The van der Waals surface area contributed by atoms with Crippen molar-refractivity contribution in [1.29, 1.82) is 0 Å². The van der Waals surface area contributed by atoms with Gasteiger partial charge in [-0.15, -0.1) is 0 Å². The van der Waals surface area contributed by atoms with Gasteiger partial charge in [0.1, 0.15) is 0 Å². The van der Waals surface area contributed by atoms with Gasteiger partial charge in [0, 0.05) is 0 Å². The molecule has 0 radical (unpaired) electrons. The molecule has 0 aliphatic rings. The van der Waals surface area contributed by atoms with Crippen molar-refractivity contribution in [1.82, 2.24) is 0 Å². The second kappa shape index (κ2) is 15.7. The first-order chi connectivity index (χ1) is 4.33. The first kappa shape index (κ1) is 11.6. The lowest BCUT2D eigenvalue weighted by molar-refractivity contribution is -0.242. The van der Waals surface area contributed by atoms with Crippen molar-refractivity contribution >= 4 is 0 Å². The van der Waals surface area contributed by atoms with Crippen LogP contribution >= 0.6 is 0 Å². The largest absolute Gasteiger partial charge is 0.252 e. The van der Waals surface area contributed by atoms with Crippen LogP contribution in [0.5, 0.6) is 0 Å². The molecule has 0 aromatic heterocycles. The third kappa shape index (κ3) is 33.2. The molecule has 58 valence electrons. The topological polar surface area (TPSA) is 58.9 Å². The summed E-state index contributed by atoms with van der Waals surface area (Å²) in [6, 6.07) is 0. The summed E-state index contributed by atoms with van der Waals surface area (Å²) in [5, 5.41) is 14.8. The maximum Gasteiger partial charge on any atom is 0.0819 e. The highest BCUT2D eigenvalue weighted by molar-refractivity contribution is 4.24. The van der Waals surface area contributed by atoms with Gasteiger partial charge >= 0.3 is 0 Å². The summed E-state index contributed by atoms with van der Waals surface area (Å²) >= 11 is 0. The second-order valence-corrected chi connectivity index (χ2v) is 1.37. The van der Waals surface area contributed by atoms with Crippen LogP contribution in [0.1, 0.15) is 19.8 Å². The minimum absolute atomic E-state index is 0.469. The summed E-state index contributed by atoms with van der Waals surface area (Å²) in [7, 11) is 1.18. The zero-order valence-corrected chi connectivity index (χ0v) is 5.83. The third-order valence-corrected chi connectivity index (χ3v) is 0.589. The Labute approximate surface area is 54.9 Å². The average molecular weight is 138 g/mol. The quantitative estimate of drug-likeness (QED) is 0.351. The Bertz CT molecular complexity index is 28.1. The lowest BCUT2D eigenvalue weighted by atomic mass is 10.4. The van der Waals surface area contributed by atoms with Gasteiger partial charge in [0.15, 0.2) is 0 Å². The van der Waals surface area contributed by atoms with Crippen molar-refractivity contribution in [2.45, 2.75) is 19.8 Å². The molecule has 2 N–H and O–H groups in total. The van der Waals surface area contributed by atoms with E-state index < -0.39 is 0 Å². The average Bonchev–Trinajstić information content (AvgIpc) is 1.86. The Balaban J connectivity index is 0. The molecular weight excluding hydrogens is 124 g/mol. The van der Waals surface area contributed by atoms with E-state index in [1.165, 1.54) is 7.11 Å². The second-order valence-electron chi connectivity index (χ2n) is 1.37. The summed E-state index contributed by atoms with van der Waals surface area (Å²) in [4.78, 5) is 7.03. The van der Waals surface area contributed by atoms with Gasteiger partial charge in [0.2, 0.25) is 0 Å². The lowest BCUT2D eigenvalue weighted by Gasteiger charge is -1.87. The van der Waals surface area contributed by atoms with E-state index in [1.54, 1.807) is 0 Å². The van der Waals surface area contributed by atoms with E-state index in [0.717, 1.165) is 12.8 Å². The van der Waals surface area contributed by atoms with E-state index in [9.17, 15) is 0 Å². The van der Waals surface area contributed by atoms with E-state index in [4.69, 9.17) is 10.5 Å². The molecule has 0 rings (SSSR count). The summed E-state index contributed by atoms with van der Waals surface area (Å²) in [6.07, 6.45) is 2.01. The standard InChI is InChI=1S/C4H10O2.CH4O2/c1-2-3-4-6-5;1-3-2/h5H,2-4H2,1H3;2H,1H3. The lowest BCUT2D eigenvalue weighted by Crippen LogP contribution is -1.84. The zero-order chi connectivity index (χ0) is 7.54. The van der Waals surface area contributed by atoms with Gasteiger partial charge in [-0.1, -0.05) is 13.3 Å². The molecular formula is C5H14O4. The smallest absolute Gasteiger partial charge is 0.0819 e. The van der Waals surface area contributed by atoms with Gasteiger partial charge < -0.3 is 0 Å². The van der Waals surface area contributed by atoms with Gasteiger partial charge in [-0.05, 0) is 6.42 Å². The molecule has 0 aromatic rings. The van der Waals surface area contributed by atoms with E-state index >= 15 is 0 Å². The maximum atomic E-state index is 7.70. The molecule has 4 nitrogen and oxygen atoms in total. The van der Waals surface area contributed by atoms with E-state index in [1.807, 2.05) is 6.92 Å². The fraction of sp³-hybridized carbons (Fsp3) is 1.00. The molecule has 9 heavy (non-hydrogen) atoms. The summed E-state index contributed by atoms with van der Waals surface area (Å²) in [5.74, 6) is 0. The highest BCUT2D eigenvalue weighted by Gasteiger charge is 1.76. The van der Waals surface area contributed by atoms with Crippen molar-refractivity contribution < 1.29 is 20.3 Å². The van der Waals surface area contributed by atoms with Gasteiger partial charge in [-0.2, -0.15) is 0 Å². The highest BCUT2D eigenvalue weighted by atomic mass is 17.1. The molecule has 0 unspecified atom stereocenters. The Hall–Kier alpha value is -0.160. The van der Waals surface area contributed by atoms with Crippen LogP contribution in [0.3, 0.4) is 0 Å². The minimum atomic E-state index is 0.469. The molecule has 0 aromatic carbocycles. The molecule has 0 aliphatic heterocycles. The van der Waals surface area contributed by atoms with Gasteiger partial charge in [0.25, 0.3) is 0 Å². The maximum absolute atomic E-state index is 7.70. The number of hydrogen-bond donors (Lipinski definition) is 2. The van der Waals surface area contributed by atoms with Crippen LogP contribution in [0.2, 0.25) is 0 Å². The van der Waals surface area contributed by atoms with Crippen LogP contribution in [0.4, 0.5) is 0 Å². The first-order valence-corrected chi connectivity index (χ1v) is 2.77. The SMILES string of the molecule is CCCCOO.COO. The first-order valence-electron chi connectivity index (χ1n) is 2.77. The van der Waals surface area contributed by atoms with Crippen LogP contribution in [0.25, 0.3) is 0 Å². The van der Waals surface area contributed by atoms with Gasteiger partial charge in [0.05, 0.1) is 13.7 Å². The van der Waals surface area contributed by atoms with Crippen molar-refractivity contribution in [3.8, 4) is 0 Å². The Kier molecular flexibility index (Phi) is 20.2. The molecule has 0 amide bonds. The van der Waals surface area contributed by atoms with Gasteiger partial charge in [-0.25, -0.2) is 9.78 Å². The predicted molar refractivity (Wildman–Crippen MR) is 33.1 cm³/mol. The van der Waals surface area contributed by atoms with E-state index in [2.05, 4.69) is 9.78 Å². The van der Waals surface area contributed by atoms with Crippen molar-refractivity contribution in [3.05, 3.63) is 0 Å². The number of unbranched alkanes of at least 4 members (excludes halogenated alkanes) is 1. The summed E-state index contributed by atoms with van der Waals surface area (Å²) in [5.41, 5.74) is 0. The van der Waals surface area contributed by atoms with E-state index in [0.29, 0.717) is 6.61 Å². The molecule has 0 bridgehead atoms. The van der Waals surface area contributed by atoms with Crippen molar-refractivity contribution in [2.75, 3.05) is 13.7 Å². The predicted octanol–water partition coefficient (Wildman–Crippen LogP) is 1.38. The molecule has 0 atom stereocenters. The Morgan fingerprint density at radius 2 is 1.78 bits per heavy atom. The Morgan fingerprint density at radius 3 is 1.89 bits per heavy atom. The molecule has 0 saturated carbocycles. The molecule has 0 aliphatic carbocycles. The van der Waals surface area contributed by atoms with E-state index in [-0.39, 0.29) is 0 Å². The fourth-order valence-corrected chi connectivity index (χ4v) is 0.209. The van der Waals surface area contributed by atoms with Crippen molar-refractivity contribution in [3.63, 3.8) is 0 Å². The minimum Gasteiger partial charge on any atom is -0.252 e. The summed E-state index contributed by atoms with van der Waals surface area (Å²) < 4.78 is 0. The molecule has 0 fully saturated rings. The third-order valence-electron chi connectivity index (χ3n) is 0.589. The van der Waals surface area contributed by atoms with Crippen LogP contribution in [-0.2, 0) is 9.78 Å². The normalized spacial score (nSPS) is 8.00. The Morgan fingerprint density at radius 1 is 1.33 bits per heavy atom. The van der Waals surface area contributed by atoms with Crippen LogP contribution in [-0.4, -0.2) is 24.2 Å². The number of rotatable bonds is 3. The molecule has 0 heterocycles.